The van der Waals surface area contributed by atoms with Crippen molar-refractivity contribution in [1.82, 2.24) is 4.98 Å². The number of carbonyl (C=O) groups is 2. The van der Waals surface area contributed by atoms with E-state index in [-0.39, 0.29) is 24.2 Å². The Morgan fingerprint density at radius 1 is 1.17 bits per heavy atom. The van der Waals surface area contributed by atoms with E-state index in [1.54, 1.807) is 11.1 Å². The molecule has 5 heteroatoms. The zero-order chi connectivity index (χ0) is 17.3. The molecular weight excluding hydrogens is 302 g/mol. The van der Waals surface area contributed by atoms with Crippen molar-refractivity contribution in [2.24, 2.45) is 5.92 Å². The minimum absolute atomic E-state index is 0.0145. The zero-order valence-electron chi connectivity index (χ0n) is 14.2. The Balaban J connectivity index is 1.73. The molecule has 0 aliphatic carbocycles. The van der Waals surface area contributed by atoms with Gasteiger partial charge in [0.15, 0.2) is 0 Å². The highest BCUT2D eigenvalue weighted by Gasteiger charge is 2.35. The summed E-state index contributed by atoms with van der Waals surface area (Å²) in [5.41, 5.74) is 4.11. The van der Waals surface area contributed by atoms with Crippen LogP contribution >= 0.6 is 0 Å². The van der Waals surface area contributed by atoms with Gasteiger partial charge in [0.2, 0.25) is 11.8 Å². The summed E-state index contributed by atoms with van der Waals surface area (Å²) in [6.07, 6.45) is 1.89. The summed E-state index contributed by atoms with van der Waals surface area (Å²) >= 11 is 0. The highest BCUT2D eigenvalue weighted by atomic mass is 16.2. The maximum absolute atomic E-state index is 12.5. The lowest BCUT2D eigenvalue weighted by atomic mass is 10.1. The van der Waals surface area contributed by atoms with E-state index in [1.165, 1.54) is 0 Å². The molecule has 24 heavy (non-hydrogen) atoms. The molecule has 2 aromatic rings. The SMILES string of the molecule is Cc1ccnc(NC(=O)C2CC(=O)N(c3ccc(C)cc3C)C2)c1. The smallest absolute Gasteiger partial charge is 0.230 e. The second-order valence-corrected chi connectivity index (χ2v) is 6.40. The Morgan fingerprint density at radius 2 is 1.92 bits per heavy atom. The Morgan fingerprint density at radius 3 is 2.62 bits per heavy atom. The number of pyridine rings is 1. The first kappa shape index (κ1) is 16.2. The maximum atomic E-state index is 12.5. The van der Waals surface area contributed by atoms with E-state index in [4.69, 9.17) is 0 Å². The molecule has 0 spiro atoms. The van der Waals surface area contributed by atoms with Crippen LogP contribution in [0.15, 0.2) is 36.5 Å². The van der Waals surface area contributed by atoms with Gasteiger partial charge in [-0.05, 0) is 50.1 Å². The summed E-state index contributed by atoms with van der Waals surface area (Å²) in [5, 5.41) is 2.81. The highest BCUT2D eigenvalue weighted by Crippen LogP contribution is 2.29. The first-order chi connectivity index (χ1) is 11.4. The fraction of sp³-hybridized carbons (Fsp3) is 0.316. The van der Waals surface area contributed by atoms with E-state index in [2.05, 4.69) is 10.3 Å². The van der Waals surface area contributed by atoms with E-state index in [9.17, 15) is 9.59 Å². The summed E-state index contributed by atoms with van der Waals surface area (Å²) < 4.78 is 0. The normalized spacial score (nSPS) is 17.2. The fourth-order valence-electron chi connectivity index (χ4n) is 3.06. The second kappa shape index (κ2) is 6.43. The molecule has 0 bridgehead atoms. The largest absolute Gasteiger partial charge is 0.311 e. The van der Waals surface area contributed by atoms with E-state index < -0.39 is 0 Å². The average Bonchev–Trinajstić information content (AvgIpc) is 2.89. The van der Waals surface area contributed by atoms with Crippen molar-refractivity contribution in [2.75, 3.05) is 16.8 Å². The lowest BCUT2D eigenvalue weighted by molar-refractivity contribution is -0.122. The van der Waals surface area contributed by atoms with Crippen molar-refractivity contribution in [2.45, 2.75) is 27.2 Å². The monoisotopic (exact) mass is 323 g/mol. The maximum Gasteiger partial charge on any atom is 0.230 e. The Bertz CT molecular complexity index is 801. The van der Waals surface area contributed by atoms with Gasteiger partial charge in [-0.15, -0.1) is 0 Å². The van der Waals surface area contributed by atoms with Gasteiger partial charge in [0.1, 0.15) is 5.82 Å². The van der Waals surface area contributed by atoms with Crippen molar-refractivity contribution in [3.05, 3.63) is 53.2 Å². The molecule has 5 nitrogen and oxygen atoms in total. The number of amides is 2. The van der Waals surface area contributed by atoms with Crippen molar-refractivity contribution in [3.8, 4) is 0 Å². The van der Waals surface area contributed by atoms with Gasteiger partial charge < -0.3 is 10.2 Å². The molecule has 1 saturated heterocycles. The molecule has 0 radical (unpaired) electrons. The van der Waals surface area contributed by atoms with Crippen LogP contribution in [0.2, 0.25) is 0 Å². The molecule has 1 aromatic carbocycles. The molecule has 1 unspecified atom stereocenters. The predicted molar refractivity (Wildman–Crippen MR) is 94.0 cm³/mol. The molecular formula is C19H21N3O2. The average molecular weight is 323 g/mol. The lowest BCUT2D eigenvalue weighted by Gasteiger charge is -2.19. The molecule has 1 N–H and O–H groups in total. The van der Waals surface area contributed by atoms with Crippen LogP contribution in [-0.4, -0.2) is 23.3 Å². The number of hydrogen-bond acceptors (Lipinski definition) is 3. The van der Waals surface area contributed by atoms with Crippen LogP contribution in [0.5, 0.6) is 0 Å². The summed E-state index contributed by atoms with van der Waals surface area (Å²) in [6, 6.07) is 9.67. The number of hydrogen-bond donors (Lipinski definition) is 1. The third kappa shape index (κ3) is 3.30. The first-order valence-electron chi connectivity index (χ1n) is 8.05. The second-order valence-electron chi connectivity index (χ2n) is 6.40. The first-order valence-corrected chi connectivity index (χ1v) is 8.05. The number of carbonyl (C=O) groups excluding carboxylic acids is 2. The van der Waals surface area contributed by atoms with Gasteiger partial charge in [-0.3, -0.25) is 9.59 Å². The van der Waals surface area contributed by atoms with E-state index >= 15 is 0 Å². The fourth-order valence-corrected chi connectivity index (χ4v) is 3.06. The van der Waals surface area contributed by atoms with Crippen LogP contribution in [0.3, 0.4) is 0 Å². The van der Waals surface area contributed by atoms with Crippen LogP contribution in [-0.2, 0) is 9.59 Å². The molecule has 1 atom stereocenters. The van der Waals surface area contributed by atoms with Crippen molar-refractivity contribution >= 4 is 23.3 Å². The summed E-state index contributed by atoms with van der Waals surface area (Å²) in [5.74, 6) is -0.00838. The van der Waals surface area contributed by atoms with Crippen LogP contribution in [0.1, 0.15) is 23.1 Å². The number of aryl methyl sites for hydroxylation is 3. The lowest BCUT2D eigenvalue weighted by Crippen LogP contribution is -2.28. The van der Waals surface area contributed by atoms with Crippen LogP contribution in [0, 0.1) is 26.7 Å². The van der Waals surface area contributed by atoms with Gasteiger partial charge in [-0.2, -0.15) is 0 Å². The minimum Gasteiger partial charge on any atom is -0.311 e. The summed E-state index contributed by atoms with van der Waals surface area (Å²) in [7, 11) is 0. The Labute approximate surface area is 141 Å². The van der Waals surface area contributed by atoms with E-state index in [0.717, 1.165) is 22.4 Å². The Kier molecular flexibility index (Phi) is 4.34. The summed E-state index contributed by atoms with van der Waals surface area (Å²) in [6.45, 7) is 6.35. The van der Waals surface area contributed by atoms with Crippen LogP contribution < -0.4 is 10.2 Å². The van der Waals surface area contributed by atoms with Gasteiger partial charge in [0.25, 0.3) is 0 Å². The number of anilines is 2. The predicted octanol–water partition coefficient (Wildman–Crippen LogP) is 3.00. The molecule has 3 rings (SSSR count). The zero-order valence-corrected chi connectivity index (χ0v) is 14.2. The van der Waals surface area contributed by atoms with Gasteiger partial charge >= 0.3 is 0 Å². The topological polar surface area (TPSA) is 62.3 Å². The molecule has 1 aliphatic rings. The van der Waals surface area contributed by atoms with Gasteiger partial charge in [-0.25, -0.2) is 4.98 Å². The third-order valence-corrected chi connectivity index (χ3v) is 4.31. The third-order valence-electron chi connectivity index (χ3n) is 4.31. The van der Waals surface area contributed by atoms with E-state index in [1.807, 2.05) is 51.1 Å². The number of nitrogens with zero attached hydrogens (tertiary/aromatic N) is 2. The van der Waals surface area contributed by atoms with Gasteiger partial charge in [0.05, 0.1) is 5.92 Å². The standard InChI is InChI=1S/C19H21N3O2/c1-12-4-5-16(14(3)8-12)22-11-15(10-18(22)23)19(24)21-17-9-13(2)6-7-20-17/h4-9,15H,10-11H2,1-3H3,(H,20,21,24). The van der Waals surface area contributed by atoms with Crippen molar-refractivity contribution in [1.29, 1.82) is 0 Å². The number of rotatable bonds is 3. The molecule has 124 valence electrons. The van der Waals surface area contributed by atoms with Crippen LogP contribution in [0.25, 0.3) is 0 Å². The number of aromatic nitrogens is 1. The summed E-state index contributed by atoms with van der Waals surface area (Å²) in [4.78, 5) is 30.7. The molecule has 1 aliphatic heterocycles. The number of nitrogens with one attached hydrogen (secondary N) is 1. The molecule has 2 heterocycles. The van der Waals surface area contributed by atoms with Gasteiger partial charge in [0, 0.05) is 24.8 Å². The number of benzene rings is 1. The highest BCUT2D eigenvalue weighted by molar-refractivity contribution is 6.03. The molecule has 1 fully saturated rings. The molecule has 2 amide bonds. The van der Waals surface area contributed by atoms with Crippen molar-refractivity contribution < 1.29 is 9.59 Å². The van der Waals surface area contributed by atoms with Gasteiger partial charge in [-0.1, -0.05) is 17.7 Å². The van der Waals surface area contributed by atoms with Crippen molar-refractivity contribution in [3.63, 3.8) is 0 Å². The Hall–Kier alpha value is -2.69. The molecule has 1 aromatic heterocycles. The molecule has 0 saturated carbocycles. The van der Waals surface area contributed by atoms with Crippen LogP contribution in [0.4, 0.5) is 11.5 Å². The minimum atomic E-state index is -0.361. The quantitative estimate of drug-likeness (QED) is 0.944. The van der Waals surface area contributed by atoms with E-state index in [0.29, 0.717) is 12.4 Å².